The predicted molar refractivity (Wildman–Crippen MR) is 30.6 cm³/mol. The summed E-state index contributed by atoms with van der Waals surface area (Å²) in [6, 6.07) is 0. The van der Waals surface area contributed by atoms with E-state index in [0.717, 1.165) is 0 Å². The second kappa shape index (κ2) is 27.8. The normalized spacial score (nSPS) is 0. The zero-order valence-corrected chi connectivity index (χ0v) is 11.4. The second-order valence-corrected chi connectivity index (χ2v) is 0. The Bertz CT molecular complexity index is 11.6. The Morgan fingerprint density at radius 3 is 1.00 bits per heavy atom. The molecule has 0 amide bonds. The zero-order valence-electron chi connectivity index (χ0n) is 2.12. The molecule has 0 aromatic heterocycles. The van der Waals surface area contributed by atoms with Gasteiger partial charge in [0, 0.05) is 96.6 Å². The quantitative estimate of drug-likeness (QED) is 0.434. The van der Waals surface area contributed by atoms with Crippen LogP contribution >= 0.6 is 13.5 Å². The maximum absolute atomic E-state index is 0. The number of hydrogen-bond acceptors (Lipinski definition) is 0. The Morgan fingerprint density at radius 2 is 1.00 bits per heavy atom. The first-order chi connectivity index (χ1) is 0. The molecule has 0 aromatic rings. The van der Waals surface area contributed by atoms with E-state index in [1.54, 1.807) is 0 Å². The summed E-state index contributed by atoms with van der Waals surface area (Å²) in [5.74, 6) is 0. The molecule has 0 saturated heterocycles. The summed E-state index contributed by atoms with van der Waals surface area (Å²) in [6.07, 6.45) is 0. The number of hydrogen-bond donors (Lipinski definition) is 0. The summed E-state index contributed by atoms with van der Waals surface area (Å²) in [6.45, 7) is 0. The van der Waals surface area contributed by atoms with Crippen molar-refractivity contribution in [3.8, 4) is 0 Å². The van der Waals surface area contributed by atoms with Crippen LogP contribution in [0.4, 0.5) is 0 Å². The molecule has 5 heavy (non-hydrogen) atoms. The summed E-state index contributed by atoms with van der Waals surface area (Å²) in [5.41, 5.74) is 0. The van der Waals surface area contributed by atoms with E-state index < -0.39 is 0 Å². The molecule has 0 aromatic carbocycles. The van der Waals surface area contributed by atoms with Gasteiger partial charge in [0.1, 0.15) is 0 Å². The summed E-state index contributed by atoms with van der Waals surface area (Å²) >= 11 is 0. The van der Waals surface area contributed by atoms with Crippen molar-refractivity contribution in [3.05, 3.63) is 0 Å². The van der Waals surface area contributed by atoms with Crippen LogP contribution in [0, 0.1) is 0 Å². The smallest absolute Gasteiger partial charge is 0 e. The summed E-state index contributed by atoms with van der Waals surface area (Å²) < 4.78 is 0. The maximum Gasteiger partial charge on any atom is 0 e. The molecular formula is AsSSbSeTe. The Kier molecular flexibility index (Phi) is 240. The van der Waals surface area contributed by atoms with Crippen molar-refractivity contribution in [1.82, 2.24) is 0 Å². The van der Waals surface area contributed by atoms with Gasteiger partial charge < -0.3 is 0 Å². The fourth-order valence-corrected chi connectivity index (χ4v) is 0. The van der Waals surface area contributed by atoms with Gasteiger partial charge in [-0.15, -0.1) is 0 Å². The van der Waals surface area contributed by atoms with Crippen molar-refractivity contribution in [2.45, 2.75) is 0 Å². The van der Waals surface area contributed by atoms with Crippen LogP contribution in [0.15, 0.2) is 0 Å². The van der Waals surface area contributed by atoms with Gasteiger partial charge in [-0.3, -0.25) is 0 Å². The van der Waals surface area contributed by atoms with Gasteiger partial charge in [-0.25, -0.2) is 0 Å². The molecule has 0 bridgehead atoms. The van der Waals surface area contributed by atoms with E-state index >= 15 is 0 Å². The Hall–Kier alpha value is 3.04. The van der Waals surface area contributed by atoms with Crippen LogP contribution in [-0.2, 0) is 0 Å². The molecule has 0 unspecified atom stereocenters. The molecule has 0 aliphatic rings. The van der Waals surface area contributed by atoms with Crippen molar-refractivity contribution >= 4 is 96.6 Å². The molecule has 0 spiro atoms. The van der Waals surface area contributed by atoms with Crippen molar-refractivity contribution in [2.75, 3.05) is 0 Å². The Labute approximate surface area is 95.0 Å². The summed E-state index contributed by atoms with van der Waals surface area (Å²) in [7, 11) is 0. The molecule has 0 atom stereocenters. The maximum atomic E-state index is 0. The van der Waals surface area contributed by atoms with Crippen molar-refractivity contribution in [2.24, 2.45) is 0 Å². The van der Waals surface area contributed by atoms with Gasteiger partial charge in [-0.1, -0.05) is 0 Å². The molecule has 0 nitrogen and oxygen atoms in total. The van der Waals surface area contributed by atoms with Gasteiger partial charge in [-0.05, 0) is 0 Å². The molecule has 0 rings (SSSR count). The molecule has 0 heterocycles. The van der Waals surface area contributed by atoms with Gasteiger partial charge in [0.2, 0.25) is 0 Å². The molecule has 0 saturated carbocycles. The van der Waals surface area contributed by atoms with Gasteiger partial charge in [0.15, 0.2) is 0 Å². The molecular weight excluding hydrogens is 435 g/mol. The molecule has 0 fully saturated rings. The van der Waals surface area contributed by atoms with E-state index in [2.05, 4.69) is 0 Å². The summed E-state index contributed by atoms with van der Waals surface area (Å²) in [4.78, 5) is 0. The van der Waals surface area contributed by atoms with E-state index in [9.17, 15) is 0 Å². The van der Waals surface area contributed by atoms with Crippen LogP contribution in [0.1, 0.15) is 0 Å². The van der Waals surface area contributed by atoms with Gasteiger partial charge in [0.25, 0.3) is 0 Å². The first-order valence-corrected chi connectivity index (χ1v) is 0. The average molecular weight is 435 g/mol. The van der Waals surface area contributed by atoms with E-state index in [1.807, 2.05) is 0 Å². The first kappa shape index (κ1) is 43.2. The van der Waals surface area contributed by atoms with Crippen molar-refractivity contribution < 1.29 is 0 Å². The molecule has 0 N–H and O–H groups in total. The van der Waals surface area contributed by atoms with Crippen molar-refractivity contribution in [1.29, 1.82) is 0 Å². The third kappa shape index (κ3) is 19.4. The van der Waals surface area contributed by atoms with Crippen LogP contribution in [0.3, 0.4) is 0 Å². The predicted octanol–water partition coefficient (Wildman–Crippen LogP) is -0.875. The van der Waals surface area contributed by atoms with Crippen LogP contribution in [0.25, 0.3) is 0 Å². The van der Waals surface area contributed by atoms with E-state index in [1.165, 1.54) is 0 Å². The molecule has 5 heteroatoms. The Morgan fingerprint density at radius 1 is 1.00 bits per heavy atom. The SMILES string of the molecule is [As].[S].[Sb].[Se].[Te]. The standard InChI is InChI=1S/As.S.Sb.Se.Te. The van der Waals surface area contributed by atoms with Crippen molar-refractivity contribution in [3.63, 3.8) is 0 Å². The van der Waals surface area contributed by atoms with Crippen LogP contribution in [0.2, 0.25) is 0 Å². The number of rotatable bonds is 0. The fourth-order valence-electron chi connectivity index (χ4n) is 0. The minimum Gasteiger partial charge on any atom is 0 e. The fraction of sp³-hybridized carbons (Fsp3) is 0. The minimum absolute atomic E-state index is 0. The van der Waals surface area contributed by atoms with Gasteiger partial charge in [-0.2, -0.15) is 0 Å². The van der Waals surface area contributed by atoms with Gasteiger partial charge >= 0.3 is 0 Å². The molecule has 0 aliphatic heterocycles. The summed E-state index contributed by atoms with van der Waals surface area (Å²) in [5, 5.41) is 0. The average Bonchev–Trinajstić information content (AvgIpc) is 0. The van der Waals surface area contributed by atoms with E-state index in [-0.39, 0.29) is 96.6 Å². The molecule has 0 aliphatic carbocycles. The second-order valence-electron chi connectivity index (χ2n) is 0. The third-order valence-corrected chi connectivity index (χ3v) is 0. The largest absolute Gasteiger partial charge is 0 e. The van der Waals surface area contributed by atoms with E-state index in [4.69, 9.17) is 0 Å². The molecule has 12 radical (unpaired) electrons. The van der Waals surface area contributed by atoms with Crippen LogP contribution < -0.4 is 0 Å². The minimum atomic E-state index is 0. The topological polar surface area (TPSA) is 0 Å². The van der Waals surface area contributed by atoms with Crippen LogP contribution in [-0.4, -0.2) is 83.1 Å². The first-order valence-electron chi connectivity index (χ1n) is 0. The zero-order chi connectivity index (χ0) is 0. The van der Waals surface area contributed by atoms with E-state index in [0.29, 0.717) is 0 Å². The van der Waals surface area contributed by atoms with Crippen LogP contribution in [0.5, 0.6) is 0 Å². The monoisotopic (exact) mass is 438 g/mol. The van der Waals surface area contributed by atoms with Gasteiger partial charge in [0.05, 0.1) is 0 Å². The molecule has 28 valence electrons. The Balaban J connectivity index is 0. The third-order valence-electron chi connectivity index (χ3n) is 0.